The summed E-state index contributed by atoms with van der Waals surface area (Å²) in [5, 5.41) is 18.2. The van der Waals surface area contributed by atoms with E-state index in [0.29, 0.717) is 19.4 Å². The lowest BCUT2D eigenvalue weighted by molar-refractivity contribution is 0.0989. The number of rotatable bonds is 6. The second-order valence-electron chi connectivity index (χ2n) is 3.60. The Balaban J connectivity index is 3.60. The van der Waals surface area contributed by atoms with Gasteiger partial charge < -0.3 is 21.7 Å². The zero-order chi connectivity index (χ0) is 9.61. The van der Waals surface area contributed by atoms with Crippen molar-refractivity contribution in [2.75, 3.05) is 13.2 Å². The fraction of sp³-hybridized carbons (Fsp3) is 1.00. The van der Waals surface area contributed by atoms with Gasteiger partial charge in [0.05, 0.1) is 12.7 Å². The summed E-state index contributed by atoms with van der Waals surface area (Å²) in [6, 6.07) is 0. The van der Waals surface area contributed by atoms with Gasteiger partial charge in [0.15, 0.2) is 0 Å². The molecule has 0 amide bonds. The smallest absolute Gasteiger partial charge is 0.0609 e. The molecule has 0 aliphatic heterocycles. The summed E-state index contributed by atoms with van der Waals surface area (Å²) < 4.78 is 0. The van der Waals surface area contributed by atoms with Crippen LogP contribution in [-0.2, 0) is 0 Å². The van der Waals surface area contributed by atoms with Crippen LogP contribution >= 0.6 is 0 Å². The van der Waals surface area contributed by atoms with Crippen molar-refractivity contribution in [3.05, 3.63) is 0 Å². The van der Waals surface area contributed by atoms with E-state index in [1.807, 2.05) is 0 Å². The van der Waals surface area contributed by atoms with E-state index in [2.05, 4.69) is 0 Å². The highest BCUT2D eigenvalue weighted by molar-refractivity contribution is 4.80. The molecule has 74 valence electrons. The molecule has 0 aliphatic carbocycles. The molecular formula is C8H20N2O2. The van der Waals surface area contributed by atoms with Crippen LogP contribution in [0.25, 0.3) is 0 Å². The molecule has 0 saturated heterocycles. The largest absolute Gasteiger partial charge is 0.394 e. The van der Waals surface area contributed by atoms with Crippen LogP contribution in [-0.4, -0.2) is 35.0 Å². The molecule has 0 saturated carbocycles. The molecule has 0 rings (SSSR count). The number of aliphatic hydroxyl groups is 2. The van der Waals surface area contributed by atoms with E-state index in [4.69, 9.17) is 16.6 Å². The van der Waals surface area contributed by atoms with E-state index in [0.717, 1.165) is 6.42 Å². The van der Waals surface area contributed by atoms with E-state index < -0.39 is 11.6 Å². The lowest BCUT2D eigenvalue weighted by Crippen LogP contribution is -2.43. The molecule has 0 aromatic heterocycles. The molecule has 2 atom stereocenters. The van der Waals surface area contributed by atoms with Gasteiger partial charge in [-0.15, -0.1) is 0 Å². The number of nitrogens with two attached hydrogens (primary N) is 2. The fourth-order valence-corrected chi connectivity index (χ4v) is 1.06. The standard InChI is InChI=1S/C8H20N2O2/c1-8(10,6-11)5-7(12)3-2-4-9/h7,11-12H,2-6,9-10H2,1H3. The average molecular weight is 176 g/mol. The molecule has 0 spiro atoms. The lowest BCUT2D eigenvalue weighted by atomic mass is 9.94. The van der Waals surface area contributed by atoms with Crippen molar-refractivity contribution in [1.82, 2.24) is 0 Å². The summed E-state index contributed by atoms with van der Waals surface area (Å²) in [4.78, 5) is 0. The van der Waals surface area contributed by atoms with Crippen molar-refractivity contribution in [1.29, 1.82) is 0 Å². The Morgan fingerprint density at radius 2 is 2.08 bits per heavy atom. The molecule has 4 heteroatoms. The Bertz CT molecular complexity index is 118. The Labute approximate surface area is 73.6 Å². The van der Waals surface area contributed by atoms with Crippen LogP contribution in [0.3, 0.4) is 0 Å². The van der Waals surface area contributed by atoms with Crippen LogP contribution in [0.2, 0.25) is 0 Å². The van der Waals surface area contributed by atoms with Crippen LogP contribution in [0, 0.1) is 0 Å². The average Bonchev–Trinajstić information content (AvgIpc) is 2.00. The first kappa shape index (κ1) is 11.8. The molecular weight excluding hydrogens is 156 g/mol. The molecule has 2 unspecified atom stereocenters. The van der Waals surface area contributed by atoms with Crippen molar-refractivity contribution < 1.29 is 10.2 Å². The van der Waals surface area contributed by atoms with Crippen molar-refractivity contribution >= 4 is 0 Å². The first-order valence-electron chi connectivity index (χ1n) is 4.29. The third-order valence-corrected chi connectivity index (χ3v) is 1.80. The van der Waals surface area contributed by atoms with Crippen molar-refractivity contribution in [2.24, 2.45) is 11.5 Å². The van der Waals surface area contributed by atoms with Gasteiger partial charge in [-0.1, -0.05) is 0 Å². The third-order valence-electron chi connectivity index (χ3n) is 1.80. The van der Waals surface area contributed by atoms with Gasteiger partial charge in [0, 0.05) is 5.54 Å². The summed E-state index contributed by atoms with van der Waals surface area (Å²) in [7, 11) is 0. The quantitative estimate of drug-likeness (QED) is 0.426. The second-order valence-corrected chi connectivity index (χ2v) is 3.60. The predicted molar refractivity (Wildman–Crippen MR) is 48.6 cm³/mol. The van der Waals surface area contributed by atoms with Gasteiger partial charge in [-0.3, -0.25) is 0 Å². The Morgan fingerprint density at radius 1 is 1.50 bits per heavy atom. The topological polar surface area (TPSA) is 92.5 Å². The number of hydrogen-bond donors (Lipinski definition) is 4. The van der Waals surface area contributed by atoms with Gasteiger partial charge in [-0.05, 0) is 32.7 Å². The zero-order valence-electron chi connectivity index (χ0n) is 7.66. The molecule has 0 radical (unpaired) electrons. The minimum Gasteiger partial charge on any atom is -0.394 e. The highest BCUT2D eigenvalue weighted by atomic mass is 16.3. The van der Waals surface area contributed by atoms with Gasteiger partial charge in [-0.2, -0.15) is 0 Å². The molecule has 0 fully saturated rings. The molecule has 0 heterocycles. The van der Waals surface area contributed by atoms with E-state index >= 15 is 0 Å². The first-order chi connectivity index (χ1) is 5.52. The van der Waals surface area contributed by atoms with Gasteiger partial charge in [0.25, 0.3) is 0 Å². The minimum absolute atomic E-state index is 0.104. The highest BCUT2D eigenvalue weighted by Crippen LogP contribution is 2.11. The molecule has 4 nitrogen and oxygen atoms in total. The van der Waals surface area contributed by atoms with Crippen LogP contribution in [0.4, 0.5) is 0 Å². The van der Waals surface area contributed by atoms with Crippen LogP contribution in [0.15, 0.2) is 0 Å². The normalized spacial score (nSPS) is 18.8. The van der Waals surface area contributed by atoms with Gasteiger partial charge >= 0.3 is 0 Å². The Kier molecular flexibility index (Phi) is 5.41. The van der Waals surface area contributed by atoms with E-state index in [1.165, 1.54) is 0 Å². The Morgan fingerprint density at radius 3 is 2.50 bits per heavy atom. The summed E-state index contributed by atoms with van der Waals surface area (Å²) in [6.45, 7) is 2.20. The van der Waals surface area contributed by atoms with Gasteiger partial charge in [0.1, 0.15) is 0 Å². The predicted octanol–water partition coefficient (Wildman–Crippen LogP) is -0.814. The van der Waals surface area contributed by atoms with Crippen molar-refractivity contribution in [2.45, 2.75) is 37.8 Å². The molecule has 12 heavy (non-hydrogen) atoms. The SMILES string of the molecule is CC(N)(CO)CC(O)CCCN. The maximum absolute atomic E-state index is 9.40. The Hall–Kier alpha value is -0.160. The minimum atomic E-state index is -0.673. The highest BCUT2D eigenvalue weighted by Gasteiger charge is 2.21. The fourth-order valence-electron chi connectivity index (χ4n) is 1.06. The summed E-state index contributed by atoms with van der Waals surface area (Å²) in [5.74, 6) is 0. The third kappa shape index (κ3) is 5.49. The monoisotopic (exact) mass is 176 g/mol. The molecule has 0 aromatic rings. The van der Waals surface area contributed by atoms with Gasteiger partial charge in [-0.25, -0.2) is 0 Å². The maximum Gasteiger partial charge on any atom is 0.0609 e. The number of aliphatic hydroxyl groups excluding tert-OH is 2. The molecule has 0 aliphatic rings. The zero-order valence-corrected chi connectivity index (χ0v) is 7.66. The number of hydrogen-bond acceptors (Lipinski definition) is 4. The first-order valence-corrected chi connectivity index (χ1v) is 4.29. The van der Waals surface area contributed by atoms with Crippen LogP contribution < -0.4 is 11.5 Å². The summed E-state index contributed by atoms with van der Waals surface area (Å²) in [5.41, 5.74) is 10.3. The van der Waals surface area contributed by atoms with Crippen molar-refractivity contribution in [3.63, 3.8) is 0 Å². The van der Waals surface area contributed by atoms with E-state index in [9.17, 15) is 5.11 Å². The second kappa shape index (κ2) is 5.48. The van der Waals surface area contributed by atoms with Crippen LogP contribution in [0.1, 0.15) is 26.2 Å². The molecule has 0 aromatic carbocycles. The summed E-state index contributed by atoms with van der Waals surface area (Å²) in [6.07, 6.45) is 1.42. The molecule has 6 N–H and O–H groups in total. The van der Waals surface area contributed by atoms with Gasteiger partial charge in [0.2, 0.25) is 0 Å². The molecule has 0 bridgehead atoms. The lowest BCUT2D eigenvalue weighted by Gasteiger charge is -2.24. The van der Waals surface area contributed by atoms with E-state index in [1.54, 1.807) is 6.92 Å². The summed E-state index contributed by atoms with van der Waals surface area (Å²) >= 11 is 0. The van der Waals surface area contributed by atoms with Crippen molar-refractivity contribution in [3.8, 4) is 0 Å². The van der Waals surface area contributed by atoms with Crippen LogP contribution in [0.5, 0.6) is 0 Å². The van der Waals surface area contributed by atoms with E-state index in [-0.39, 0.29) is 6.61 Å². The maximum atomic E-state index is 9.40.